The molecule has 3 rings (SSSR count). The highest BCUT2D eigenvalue weighted by atomic mass is 32.2. The predicted molar refractivity (Wildman–Crippen MR) is 78.1 cm³/mol. The Morgan fingerprint density at radius 1 is 0.773 bits per heavy atom. The monoisotopic (exact) mass is 320 g/mol. The van der Waals surface area contributed by atoms with E-state index in [0.29, 0.717) is 6.07 Å². The molecule has 0 spiro atoms. The quantitative estimate of drug-likeness (QED) is 0.688. The second-order valence-corrected chi connectivity index (χ2v) is 6.17. The molecular weight excluding hydrogens is 310 g/mol. The summed E-state index contributed by atoms with van der Waals surface area (Å²) in [5.74, 6) is -2.27. The summed E-state index contributed by atoms with van der Waals surface area (Å²) < 4.78 is 55.2. The van der Waals surface area contributed by atoms with Crippen molar-refractivity contribution in [2.45, 2.75) is 4.90 Å². The van der Waals surface area contributed by atoms with E-state index in [0.717, 1.165) is 22.9 Å². The zero-order valence-corrected chi connectivity index (χ0v) is 12.0. The normalized spacial score (nSPS) is 11.5. The standard InChI is InChI=1S/C16H10F2O3S/c17-15-8-7-14(10-16(15)18)22(19,20)21-13-6-5-11-3-1-2-4-12(11)9-13/h1-10H. The number of hydrogen-bond acceptors (Lipinski definition) is 3. The Morgan fingerprint density at radius 2 is 1.50 bits per heavy atom. The zero-order chi connectivity index (χ0) is 15.7. The summed E-state index contributed by atoms with van der Waals surface area (Å²) in [6.07, 6.45) is 0. The van der Waals surface area contributed by atoms with Gasteiger partial charge in [-0.25, -0.2) is 8.78 Å². The van der Waals surface area contributed by atoms with Crippen molar-refractivity contribution in [3.63, 3.8) is 0 Å². The molecule has 0 fully saturated rings. The first-order valence-corrected chi connectivity index (χ1v) is 7.75. The second kappa shape index (κ2) is 5.38. The van der Waals surface area contributed by atoms with Crippen LogP contribution in [0.1, 0.15) is 0 Å². The Bertz CT molecular complexity index is 953. The fourth-order valence-electron chi connectivity index (χ4n) is 2.03. The molecule has 0 aromatic heterocycles. The van der Waals surface area contributed by atoms with Crippen molar-refractivity contribution in [2.24, 2.45) is 0 Å². The molecule has 0 saturated carbocycles. The third kappa shape index (κ3) is 2.78. The molecule has 3 nitrogen and oxygen atoms in total. The van der Waals surface area contributed by atoms with Crippen LogP contribution in [0.5, 0.6) is 5.75 Å². The summed E-state index contributed by atoms with van der Waals surface area (Å²) in [4.78, 5) is -0.445. The van der Waals surface area contributed by atoms with Crippen LogP contribution in [-0.2, 0) is 10.1 Å². The summed E-state index contributed by atoms with van der Waals surface area (Å²) in [5.41, 5.74) is 0. The second-order valence-electron chi connectivity index (χ2n) is 4.62. The smallest absolute Gasteiger partial charge is 0.339 e. The molecule has 0 atom stereocenters. The minimum atomic E-state index is -4.23. The van der Waals surface area contributed by atoms with Crippen molar-refractivity contribution in [2.75, 3.05) is 0 Å². The minimum absolute atomic E-state index is 0.100. The highest BCUT2D eigenvalue weighted by molar-refractivity contribution is 7.87. The van der Waals surface area contributed by atoms with Gasteiger partial charge in [0.25, 0.3) is 0 Å². The lowest BCUT2D eigenvalue weighted by molar-refractivity contribution is 0.480. The van der Waals surface area contributed by atoms with Gasteiger partial charge in [0.2, 0.25) is 0 Å². The van der Waals surface area contributed by atoms with Crippen molar-refractivity contribution in [3.05, 3.63) is 72.3 Å². The highest BCUT2D eigenvalue weighted by Gasteiger charge is 2.19. The first-order valence-electron chi connectivity index (χ1n) is 6.34. The molecule has 0 N–H and O–H groups in total. The lowest BCUT2D eigenvalue weighted by atomic mass is 10.1. The van der Waals surface area contributed by atoms with E-state index in [9.17, 15) is 17.2 Å². The molecule has 0 aliphatic rings. The van der Waals surface area contributed by atoms with Crippen LogP contribution in [0.4, 0.5) is 8.78 Å². The van der Waals surface area contributed by atoms with Gasteiger partial charge in [-0.2, -0.15) is 8.42 Å². The van der Waals surface area contributed by atoms with E-state index in [1.54, 1.807) is 12.1 Å². The Balaban J connectivity index is 1.97. The summed E-state index contributed by atoms with van der Waals surface area (Å²) in [6.45, 7) is 0. The molecule has 0 aliphatic heterocycles. The molecule has 0 bridgehead atoms. The Hall–Kier alpha value is -2.47. The lowest BCUT2D eigenvalue weighted by Gasteiger charge is -2.08. The maximum absolute atomic E-state index is 13.2. The van der Waals surface area contributed by atoms with Gasteiger partial charge in [0.15, 0.2) is 11.6 Å². The average Bonchev–Trinajstić information content (AvgIpc) is 2.49. The number of rotatable bonds is 3. The van der Waals surface area contributed by atoms with Gasteiger partial charge in [0.1, 0.15) is 10.6 Å². The number of halogens is 2. The number of fused-ring (bicyclic) bond motifs is 1. The molecule has 0 radical (unpaired) electrons. The molecule has 0 unspecified atom stereocenters. The Morgan fingerprint density at radius 3 is 2.23 bits per heavy atom. The van der Waals surface area contributed by atoms with E-state index in [1.807, 2.05) is 24.3 Å². The predicted octanol–water partition coefficient (Wildman–Crippen LogP) is 3.89. The van der Waals surface area contributed by atoms with Crippen molar-refractivity contribution in [1.82, 2.24) is 0 Å². The first kappa shape index (κ1) is 14.5. The molecule has 3 aromatic carbocycles. The third-order valence-corrected chi connectivity index (χ3v) is 4.35. The van der Waals surface area contributed by atoms with Crippen LogP contribution >= 0.6 is 0 Å². The zero-order valence-electron chi connectivity index (χ0n) is 11.2. The van der Waals surface area contributed by atoms with E-state index in [1.165, 1.54) is 6.07 Å². The summed E-state index contributed by atoms with van der Waals surface area (Å²) >= 11 is 0. The molecule has 0 heterocycles. The van der Waals surface area contributed by atoms with Gasteiger partial charge < -0.3 is 4.18 Å². The van der Waals surface area contributed by atoms with Crippen LogP contribution < -0.4 is 4.18 Å². The number of benzene rings is 3. The van der Waals surface area contributed by atoms with E-state index in [4.69, 9.17) is 4.18 Å². The van der Waals surface area contributed by atoms with Gasteiger partial charge in [-0.15, -0.1) is 0 Å². The fourth-order valence-corrected chi connectivity index (χ4v) is 2.96. The van der Waals surface area contributed by atoms with Gasteiger partial charge >= 0.3 is 10.1 Å². The molecular formula is C16H10F2O3S. The van der Waals surface area contributed by atoms with E-state index >= 15 is 0 Å². The van der Waals surface area contributed by atoms with Crippen LogP contribution in [0.25, 0.3) is 10.8 Å². The topological polar surface area (TPSA) is 43.4 Å². The maximum Gasteiger partial charge on any atom is 0.339 e. The molecule has 22 heavy (non-hydrogen) atoms. The van der Waals surface area contributed by atoms with Crippen LogP contribution in [0.2, 0.25) is 0 Å². The number of hydrogen-bond donors (Lipinski definition) is 0. The molecule has 0 saturated heterocycles. The SMILES string of the molecule is O=S(=O)(Oc1ccc2ccccc2c1)c1ccc(F)c(F)c1. The lowest BCUT2D eigenvalue weighted by Crippen LogP contribution is -2.10. The third-order valence-electron chi connectivity index (χ3n) is 3.11. The Labute approximate surface area is 125 Å². The van der Waals surface area contributed by atoms with Gasteiger partial charge in [-0.3, -0.25) is 0 Å². The van der Waals surface area contributed by atoms with Gasteiger partial charge in [0, 0.05) is 0 Å². The van der Waals surface area contributed by atoms with Crippen molar-refractivity contribution in [1.29, 1.82) is 0 Å². The summed E-state index contributed by atoms with van der Waals surface area (Å²) in [7, 11) is -4.23. The van der Waals surface area contributed by atoms with Crippen molar-refractivity contribution < 1.29 is 21.4 Å². The van der Waals surface area contributed by atoms with Gasteiger partial charge in [-0.1, -0.05) is 30.3 Å². The minimum Gasteiger partial charge on any atom is -0.379 e. The summed E-state index contributed by atoms with van der Waals surface area (Å²) in [5, 5.41) is 1.74. The largest absolute Gasteiger partial charge is 0.379 e. The van der Waals surface area contributed by atoms with Gasteiger partial charge in [-0.05, 0) is 41.1 Å². The maximum atomic E-state index is 13.2. The van der Waals surface area contributed by atoms with Crippen molar-refractivity contribution in [3.8, 4) is 5.75 Å². The molecule has 0 amide bonds. The van der Waals surface area contributed by atoms with Crippen LogP contribution in [0.3, 0.4) is 0 Å². The fraction of sp³-hybridized carbons (Fsp3) is 0. The average molecular weight is 320 g/mol. The van der Waals surface area contributed by atoms with Crippen LogP contribution in [-0.4, -0.2) is 8.42 Å². The molecule has 6 heteroatoms. The summed E-state index contributed by atoms with van der Waals surface area (Å²) in [6, 6.07) is 14.4. The first-order chi connectivity index (χ1) is 10.5. The van der Waals surface area contributed by atoms with E-state index in [-0.39, 0.29) is 5.75 Å². The molecule has 112 valence electrons. The van der Waals surface area contributed by atoms with E-state index in [2.05, 4.69) is 0 Å². The highest BCUT2D eigenvalue weighted by Crippen LogP contribution is 2.24. The van der Waals surface area contributed by atoms with Crippen molar-refractivity contribution >= 4 is 20.9 Å². The van der Waals surface area contributed by atoms with Gasteiger partial charge in [0.05, 0.1) is 0 Å². The van der Waals surface area contributed by atoms with Crippen LogP contribution in [0.15, 0.2) is 65.6 Å². The molecule has 3 aromatic rings. The molecule has 0 aliphatic carbocycles. The Kier molecular flexibility index (Phi) is 3.54. The van der Waals surface area contributed by atoms with Crippen LogP contribution in [0, 0.1) is 11.6 Å². The van der Waals surface area contributed by atoms with E-state index < -0.39 is 26.6 Å².